The molecule has 1 heterocycles. The van der Waals surface area contributed by atoms with E-state index < -0.39 is 13.0 Å². The number of alkyl halides is 2. The fourth-order valence-corrected chi connectivity index (χ4v) is 2.75. The lowest BCUT2D eigenvalue weighted by Crippen LogP contribution is -2.27. The van der Waals surface area contributed by atoms with Crippen molar-refractivity contribution in [1.82, 2.24) is 10.3 Å². The van der Waals surface area contributed by atoms with Gasteiger partial charge in [0.25, 0.3) is 12.3 Å². The van der Waals surface area contributed by atoms with Gasteiger partial charge >= 0.3 is 0 Å². The summed E-state index contributed by atoms with van der Waals surface area (Å²) in [6.07, 6.45) is -2.54. The molecule has 0 aliphatic rings. The number of anilines is 1. The third kappa shape index (κ3) is 6.50. The van der Waals surface area contributed by atoms with E-state index in [1.165, 1.54) is 6.07 Å². The van der Waals surface area contributed by atoms with Gasteiger partial charge in [-0.1, -0.05) is 26.0 Å². The summed E-state index contributed by atoms with van der Waals surface area (Å²) in [6.45, 7) is 8.20. The first-order valence-electron chi connectivity index (χ1n) is 9.68. The normalized spacial score (nSPS) is 12.0. The number of pyridine rings is 1. The number of hydrogen-bond acceptors (Lipinski definition) is 4. The molecule has 2 N–H and O–H groups in total. The molecule has 0 aliphatic heterocycles. The Balaban J connectivity index is 2.11. The molecule has 0 saturated heterocycles. The zero-order valence-electron chi connectivity index (χ0n) is 17.8. The summed E-state index contributed by atoms with van der Waals surface area (Å²) in [5.41, 5.74) is 2.49. The summed E-state index contributed by atoms with van der Waals surface area (Å²) in [6, 6.07) is 7.97. The Bertz CT molecular complexity index is 916. The molecule has 1 atom stereocenters. The van der Waals surface area contributed by atoms with Gasteiger partial charge in [0.1, 0.15) is 18.2 Å². The van der Waals surface area contributed by atoms with Crippen LogP contribution in [0.4, 0.5) is 14.6 Å². The van der Waals surface area contributed by atoms with E-state index in [0.29, 0.717) is 28.4 Å². The van der Waals surface area contributed by atoms with Crippen LogP contribution in [-0.4, -0.2) is 29.8 Å². The monoisotopic (exact) mass is 419 g/mol. The number of aromatic nitrogens is 1. The molecule has 30 heavy (non-hydrogen) atoms. The maximum atomic E-state index is 12.7. The highest BCUT2D eigenvalue weighted by molar-refractivity contribution is 5.97. The molecule has 1 unspecified atom stereocenters. The van der Waals surface area contributed by atoms with Crippen LogP contribution in [0.5, 0.6) is 5.75 Å². The highest BCUT2D eigenvalue weighted by Gasteiger charge is 2.16. The van der Waals surface area contributed by atoms with E-state index in [0.717, 1.165) is 5.56 Å². The number of aryl methyl sites for hydroxylation is 2. The third-order valence-electron chi connectivity index (χ3n) is 4.40. The maximum Gasteiger partial charge on any atom is 0.272 e. The van der Waals surface area contributed by atoms with E-state index in [1.54, 1.807) is 52.0 Å². The lowest BCUT2D eigenvalue weighted by molar-refractivity contribution is -0.118. The minimum absolute atomic E-state index is 0.183. The predicted octanol–water partition coefficient (Wildman–Crippen LogP) is 4.43. The van der Waals surface area contributed by atoms with Gasteiger partial charge in [-0.25, -0.2) is 13.8 Å². The molecule has 6 nitrogen and oxygen atoms in total. The van der Waals surface area contributed by atoms with E-state index in [9.17, 15) is 18.4 Å². The number of amides is 2. The highest BCUT2D eigenvalue weighted by Crippen LogP contribution is 2.23. The van der Waals surface area contributed by atoms with Crippen LogP contribution in [0.15, 0.2) is 30.3 Å². The van der Waals surface area contributed by atoms with Crippen LogP contribution in [0.1, 0.15) is 54.0 Å². The van der Waals surface area contributed by atoms with Crippen molar-refractivity contribution in [3.05, 3.63) is 52.7 Å². The van der Waals surface area contributed by atoms with Crippen molar-refractivity contribution in [2.75, 3.05) is 11.9 Å². The van der Waals surface area contributed by atoms with Crippen LogP contribution in [-0.2, 0) is 4.79 Å². The van der Waals surface area contributed by atoms with Gasteiger partial charge < -0.3 is 15.4 Å². The number of hydrogen-bond donors (Lipinski definition) is 2. The molecule has 0 aliphatic carbocycles. The van der Waals surface area contributed by atoms with Crippen LogP contribution in [0, 0.1) is 19.8 Å². The number of halogens is 2. The second-order valence-corrected chi connectivity index (χ2v) is 7.45. The van der Waals surface area contributed by atoms with Crippen molar-refractivity contribution in [3.63, 3.8) is 0 Å². The maximum absolute atomic E-state index is 12.7. The number of carbonyl (C=O) groups is 2. The minimum atomic E-state index is -2.54. The lowest BCUT2D eigenvalue weighted by atomic mass is 10.0. The largest absolute Gasteiger partial charge is 0.487 e. The van der Waals surface area contributed by atoms with E-state index in [-0.39, 0.29) is 23.8 Å². The topological polar surface area (TPSA) is 80.3 Å². The molecule has 0 saturated carbocycles. The molecule has 1 aromatic carbocycles. The zero-order valence-corrected chi connectivity index (χ0v) is 17.8. The molecule has 1 aromatic heterocycles. The molecular formula is C22H27F2N3O3. The highest BCUT2D eigenvalue weighted by atomic mass is 19.3. The Hall–Kier alpha value is -3.03. The van der Waals surface area contributed by atoms with E-state index in [1.807, 2.05) is 6.92 Å². The summed E-state index contributed by atoms with van der Waals surface area (Å²) in [5.74, 6) is -0.00239. The molecule has 2 aromatic rings. The zero-order chi connectivity index (χ0) is 22.4. The van der Waals surface area contributed by atoms with Crippen LogP contribution in [0.3, 0.4) is 0 Å². The quantitative estimate of drug-likeness (QED) is 0.663. The first-order chi connectivity index (χ1) is 14.1. The first-order valence-corrected chi connectivity index (χ1v) is 9.68. The molecule has 0 radical (unpaired) electrons. The summed E-state index contributed by atoms with van der Waals surface area (Å²) in [7, 11) is 0. The van der Waals surface area contributed by atoms with Crippen molar-refractivity contribution in [2.24, 2.45) is 5.92 Å². The summed E-state index contributed by atoms with van der Waals surface area (Å²) >= 11 is 0. The van der Waals surface area contributed by atoms with E-state index in [2.05, 4.69) is 15.6 Å². The van der Waals surface area contributed by atoms with Gasteiger partial charge in [0.05, 0.1) is 6.04 Å². The number of carbonyl (C=O) groups excluding carboxylic acids is 2. The van der Waals surface area contributed by atoms with Gasteiger partial charge in [-0.15, -0.1) is 0 Å². The third-order valence-corrected chi connectivity index (χ3v) is 4.40. The number of nitrogens with one attached hydrogen (secondary N) is 2. The van der Waals surface area contributed by atoms with Crippen molar-refractivity contribution in [1.29, 1.82) is 0 Å². The molecule has 8 heteroatoms. The smallest absolute Gasteiger partial charge is 0.272 e. The molecule has 0 spiro atoms. The van der Waals surface area contributed by atoms with Gasteiger partial charge in [-0.2, -0.15) is 0 Å². The second-order valence-electron chi connectivity index (χ2n) is 7.45. The molecule has 0 fully saturated rings. The van der Waals surface area contributed by atoms with Crippen molar-refractivity contribution >= 4 is 17.6 Å². The standard InChI is InChI=1S/C22H27F2N3O3/c1-12(2)21(28)27-20-10-17(9-14(4)25-20)22(29)26-15(5)16-6-7-18(13(3)8-16)30-11-19(23)24/h6-10,12,15,19H,11H2,1-5H3,(H,26,29)(H,25,27,28). The van der Waals surface area contributed by atoms with Crippen LogP contribution in [0.2, 0.25) is 0 Å². The fourth-order valence-electron chi connectivity index (χ4n) is 2.75. The average Bonchev–Trinajstić information content (AvgIpc) is 2.66. The molecule has 162 valence electrons. The van der Waals surface area contributed by atoms with E-state index >= 15 is 0 Å². The lowest BCUT2D eigenvalue weighted by Gasteiger charge is -2.17. The SMILES string of the molecule is Cc1cc(C(=O)NC(C)c2ccc(OCC(F)F)c(C)c2)cc(NC(=O)C(C)C)n1. The summed E-state index contributed by atoms with van der Waals surface area (Å²) in [5, 5.41) is 5.60. The van der Waals surface area contributed by atoms with Crippen molar-refractivity contribution in [3.8, 4) is 5.75 Å². The van der Waals surface area contributed by atoms with Crippen LogP contribution < -0.4 is 15.4 Å². The van der Waals surface area contributed by atoms with Crippen LogP contribution in [0.25, 0.3) is 0 Å². The van der Waals surface area contributed by atoms with Gasteiger partial charge in [0.15, 0.2) is 0 Å². The van der Waals surface area contributed by atoms with Crippen molar-refractivity contribution in [2.45, 2.75) is 47.1 Å². The summed E-state index contributed by atoms with van der Waals surface area (Å²) < 4.78 is 29.7. The second kappa shape index (κ2) is 10.1. The molecule has 2 amide bonds. The Kier molecular flexibility index (Phi) is 7.86. The predicted molar refractivity (Wildman–Crippen MR) is 111 cm³/mol. The van der Waals surface area contributed by atoms with Crippen molar-refractivity contribution < 1.29 is 23.1 Å². The first kappa shape index (κ1) is 23.3. The number of rotatable bonds is 8. The number of ether oxygens (including phenoxy) is 1. The average molecular weight is 419 g/mol. The Morgan fingerprint density at radius 2 is 1.80 bits per heavy atom. The molecular weight excluding hydrogens is 392 g/mol. The molecule has 0 bridgehead atoms. The Labute approximate surface area is 175 Å². The number of nitrogens with zero attached hydrogens (tertiary/aromatic N) is 1. The molecule has 2 rings (SSSR count). The van der Waals surface area contributed by atoms with Gasteiger partial charge in [0.2, 0.25) is 5.91 Å². The van der Waals surface area contributed by atoms with Gasteiger partial charge in [-0.3, -0.25) is 9.59 Å². The van der Waals surface area contributed by atoms with Gasteiger partial charge in [-0.05, 0) is 50.1 Å². The Morgan fingerprint density at radius 3 is 2.40 bits per heavy atom. The fraction of sp³-hybridized carbons (Fsp3) is 0.409. The summed E-state index contributed by atoms with van der Waals surface area (Å²) in [4.78, 5) is 28.9. The van der Waals surface area contributed by atoms with E-state index in [4.69, 9.17) is 4.74 Å². The van der Waals surface area contributed by atoms with Gasteiger partial charge in [0, 0.05) is 17.2 Å². The number of benzene rings is 1. The Morgan fingerprint density at radius 1 is 1.10 bits per heavy atom. The minimum Gasteiger partial charge on any atom is -0.487 e. The van der Waals surface area contributed by atoms with Crippen LogP contribution >= 0.6 is 0 Å².